The van der Waals surface area contributed by atoms with Gasteiger partial charge in [0, 0.05) is 12.6 Å². The first-order valence-electron chi connectivity index (χ1n) is 5.60. The van der Waals surface area contributed by atoms with Crippen LogP contribution in [0.15, 0.2) is 12.3 Å². The number of anilines is 1. The molecule has 0 aliphatic heterocycles. The molecule has 1 aromatic heterocycles. The molecule has 0 fully saturated rings. The lowest BCUT2D eigenvalue weighted by Gasteiger charge is -2.07. The van der Waals surface area contributed by atoms with Gasteiger partial charge in [-0.25, -0.2) is 4.98 Å². The fourth-order valence-corrected chi connectivity index (χ4v) is 1.45. The molecule has 0 atom stereocenters. The molecule has 0 bridgehead atoms. The second-order valence-electron chi connectivity index (χ2n) is 3.70. The van der Waals surface area contributed by atoms with Gasteiger partial charge in [0.2, 0.25) is 5.91 Å². The highest BCUT2D eigenvalue weighted by atomic mass is 35.5. The summed E-state index contributed by atoms with van der Waals surface area (Å²) in [6, 6.07) is 1.72. The van der Waals surface area contributed by atoms with E-state index in [1.165, 1.54) is 0 Å². The summed E-state index contributed by atoms with van der Waals surface area (Å²) in [7, 11) is 0. The van der Waals surface area contributed by atoms with Crippen molar-refractivity contribution < 1.29 is 14.3 Å². The molecular formula is C12H15ClN2O3. The number of aryl methyl sites for hydroxylation is 1. The van der Waals surface area contributed by atoms with Crippen LogP contribution in [-0.2, 0) is 14.3 Å². The fourth-order valence-electron chi connectivity index (χ4n) is 1.30. The van der Waals surface area contributed by atoms with Crippen LogP contribution in [0.25, 0.3) is 0 Å². The Morgan fingerprint density at radius 3 is 2.83 bits per heavy atom. The van der Waals surface area contributed by atoms with E-state index in [1.807, 2.05) is 6.92 Å². The maximum Gasteiger partial charge on any atom is 0.306 e. The molecule has 1 heterocycles. The Labute approximate surface area is 110 Å². The van der Waals surface area contributed by atoms with E-state index in [-0.39, 0.29) is 29.9 Å². The molecule has 0 unspecified atom stereocenters. The van der Waals surface area contributed by atoms with Gasteiger partial charge in [-0.15, -0.1) is 0 Å². The highest BCUT2D eigenvalue weighted by Gasteiger charge is 2.10. The van der Waals surface area contributed by atoms with Crippen molar-refractivity contribution in [1.82, 2.24) is 4.98 Å². The molecule has 0 spiro atoms. The van der Waals surface area contributed by atoms with Crippen LogP contribution in [0.2, 0.25) is 5.15 Å². The van der Waals surface area contributed by atoms with Crippen molar-refractivity contribution in [3.05, 3.63) is 23.0 Å². The number of carbonyl (C=O) groups excluding carboxylic acids is 2. The molecule has 18 heavy (non-hydrogen) atoms. The van der Waals surface area contributed by atoms with E-state index >= 15 is 0 Å². The Bertz CT molecular complexity index is 449. The predicted molar refractivity (Wildman–Crippen MR) is 68.5 cm³/mol. The Hall–Kier alpha value is -1.62. The molecule has 0 aromatic carbocycles. The van der Waals surface area contributed by atoms with Crippen molar-refractivity contribution in [2.24, 2.45) is 0 Å². The lowest BCUT2D eigenvalue weighted by Crippen LogP contribution is -2.15. The van der Waals surface area contributed by atoms with Crippen molar-refractivity contribution in [2.45, 2.75) is 26.7 Å². The molecule has 5 nitrogen and oxygen atoms in total. The van der Waals surface area contributed by atoms with Gasteiger partial charge in [-0.05, 0) is 25.5 Å². The Morgan fingerprint density at radius 2 is 2.17 bits per heavy atom. The smallest absolute Gasteiger partial charge is 0.306 e. The summed E-state index contributed by atoms with van der Waals surface area (Å²) in [6.07, 6.45) is 1.72. The summed E-state index contributed by atoms with van der Waals surface area (Å²) in [4.78, 5) is 26.6. The van der Waals surface area contributed by atoms with Gasteiger partial charge >= 0.3 is 5.97 Å². The average Bonchev–Trinajstić information content (AvgIpc) is 2.32. The fraction of sp³-hybridized carbons (Fsp3) is 0.417. The summed E-state index contributed by atoms with van der Waals surface area (Å²) in [5.41, 5.74) is 1.34. The average molecular weight is 271 g/mol. The summed E-state index contributed by atoms with van der Waals surface area (Å²) in [6.45, 7) is 3.88. The Balaban J connectivity index is 2.49. The number of amides is 1. The van der Waals surface area contributed by atoms with Gasteiger partial charge in [-0.3, -0.25) is 9.59 Å². The maximum atomic E-state index is 11.6. The third-order valence-corrected chi connectivity index (χ3v) is 2.41. The third-order valence-electron chi connectivity index (χ3n) is 2.11. The number of aromatic nitrogens is 1. The molecule has 6 heteroatoms. The second kappa shape index (κ2) is 6.96. The van der Waals surface area contributed by atoms with Crippen LogP contribution in [0.5, 0.6) is 0 Å². The number of pyridine rings is 1. The first kappa shape index (κ1) is 14.4. The van der Waals surface area contributed by atoms with Crippen LogP contribution in [-0.4, -0.2) is 23.5 Å². The summed E-state index contributed by atoms with van der Waals surface area (Å²) < 4.78 is 4.73. The molecule has 0 aliphatic rings. The number of ether oxygens (including phenoxy) is 1. The molecule has 1 aromatic rings. The van der Waals surface area contributed by atoms with Crippen molar-refractivity contribution in [3.8, 4) is 0 Å². The summed E-state index contributed by atoms with van der Waals surface area (Å²) in [5.74, 6) is -0.682. The first-order chi connectivity index (χ1) is 8.52. The number of nitrogens with zero attached hydrogens (tertiary/aromatic N) is 1. The Kier molecular flexibility index (Phi) is 5.58. The van der Waals surface area contributed by atoms with Gasteiger partial charge in [0.05, 0.1) is 18.7 Å². The number of carbonyl (C=O) groups is 2. The first-order valence-corrected chi connectivity index (χ1v) is 5.98. The lowest BCUT2D eigenvalue weighted by atomic mass is 10.2. The minimum absolute atomic E-state index is 0.0521. The van der Waals surface area contributed by atoms with Gasteiger partial charge in [0.15, 0.2) is 5.15 Å². The van der Waals surface area contributed by atoms with Gasteiger partial charge in [0.25, 0.3) is 0 Å². The quantitative estimate of drug-likeness (QED) is 0.659. The molecule has 1 N–H and O–H groups in total. The zero-order valence-corrected chi connectivity index (χ0v) is 11.1. The number of halogens is 1. The molecule has 98 valence electrons. The Morgan fingerprint density at radius 1 is 1.44 bits per heavy atom. The van der Waals surface area contributed by atoms with E-state index in [2.05, 4.69) is 10.3 Å². The molecule has 1 amide bonds. The minimum Gasteiger partial charge on any atom is -0.466 e. The predicted octanol–water partition coefficient (Wildman–Crippen LogP) is 2.33. The standard InChI is InChI=1S/C12H15ClN2O3/c1-3-18-11(17)5-4-10(16)15-9-6-8(2)7-14-12(9)13/h6-7H,3-5H2,1-2H3,(H,15,16). The SMILES string of the molecule is CCOC(=O)CCC(=O)Nc1cc(C)cnc1Cl. The van der Waals surface area contributed by atoms with Gasteiger partial charge in [-0.2, -0.15) is 0 Å². The van der Waals surface area contributed by atoms with Gasteiger partial charge in [0.1, 0.15) is 0 Å². The summed E-state index contributed by atoms with van der Waals surface area (Å²) in [5, 5.41) is 2.83. The molecule has 1 rings (SSSR count). The van der Waals surface area contributed by atoms with Crippen LogP contribution in [0, 0.1) is 6.92 Å². The van der Waals surface area contributed by atoms with Crippen LogP contribution in [0.3, 0.4) is 0 Å². The topological polar surface area (TPSA) is 68.3 Å². The highest BCUT2D eigenvalue weighted by Crippen LogP contribution is 2.19. The zero-order chi connectivity index (χ0) is 13.5. The van der Waals surface area contributed by atoms with Gasteiger partial charge in [-0.1, -0.05) is 11.6 Å². The monoisotopic (exact) mass is 270 g/mol. The van der Waals surface area contributed by atoms with Gasteiger partial charge < -0.3 is 10.1 Å². The molecule has 0 aliphatic carbocycles. The highest BCUT2D eigenvalue weighted by molar-refractivity contribution is 6.32. The van der Waals surface area contributed by atoms with E-state index in [4.69, 9.17) is 16.3 Å². The van der Waals surface area contributed by atoms with Crippen molar-refractivity contribution in [1.29, 1.82) is 0 Å². The number of hydrogen-bond acceptors (Lipinski definition) is 4. The van der Waals surface area contributed by atoms with Crippen molar-refractivity contribution in [2.75, 3.05) is 11.9 Å². The van der Waals surface area contributed by atoms with E-state index in [0.29, 0.717) is 12.3 Å². The normalized spacial score (nSPS) is 9.94. The van der Waals surface area contributed by atoms with Crippen LogP contribution in [0.4, 0.5) is 5.69 Å². The second-order valence-corrected chi connectivity index (χ2v) is 4.06. The maximum absolute atomic E-state index is 11.6. The van der Waals surface area contributed by atoms with Crippen molar-refractivity contribution >= 4 is 29.2 Å². The van der Waals surface area contributed by atoms with E-state index in [0.717, 1.165) is 5.56 Å². The molecule has 0 saturated heterocycles. The number of esters is 1. The number of nitrogens with one attached hydrogen (secondary N) is 1. The molecule has 0 radical (unpaired) electrons. The zero-order valence-electron chi connectivity index (χ0n) is 10.3. The number of hydrogen-bond donors (Lipinski definition) is 1. The van der Waals surface area contributed by atoms with E-state index in [1.54, 1.807) is 19.2 Å². The minimum atomic E-state index is -0.388. The van der Waals surface area contributed by atoms with Crippen LogP contribution < -0.4 is 5.32 Å². The third kappa shape index (κ3) is 4.71. The molecule has 0 saturated carbocycles. The van der Waals surface area contributed by atoms with E-state index < -0.39 is 0 Å². The largest absolute Gasteiger partial charge is 0.466 e. The van der Waals surface area contributed by atoms with Crippen LogP contribution in [0.1, 0.15) is 25.3 Å². The van der Waals surface area contributed by atoms with E-state index in [9.17, 15) is 9.59 Å². The summed E-state index contributed by atoms with van der Waals surface area (Å²) >= 11 is 5.84. The lowest BCUT2D eigenvalue weighted by molar-refractivity contribution is -0.144. The van der Waals surface area contributed by atoms with Crippen LogP contribution >= 0.6 is 11.6 Å². The molecular weight excluding hydrogens is 256 g/mol. The van der Waals surface area contributed by atoms with Crippen molar-refractivity contribution in [3.63, 3.8) is 0 Å². The number of rotatable bonds is 5.